The highest BCUT2D eigenvalue weighted by Gasteiger charge is 2.18. The minimum Gasteiger partial charge on any atom is -0.494 e. The molecular weight excluding hydrogens is 494 g/mol. The lowest BCUT2D eigenvalue weighted by Gasteiger charge is -2.13. The summed E-state index contributed by atoms with van der Waals surface area (Å²) in [4.78, 5) is 31.5. The van der Waals surface area contributed by atoms with Crippen LogP contribution in [0.2, 0.25) is 0 Å². The van der Waals surface area contributed by atoms with E-state index in [0.717, 1.165) is 23.4 Å². The van der Waals surface area contributed by atoms with Crippen molar-refractivity contribution in [3.8, 4) is 22.7 Å². The summed E-state index contributed by atoms with van der Waals surface area (Å²) < 4.78 is 37.3. The zero-order valence-electron chi connectivity index (χ0n) is 19.6. The number of alkyl halides is 2. The van der Waals surface area contributed by atoms with Gasteiger partial charge in [-0.15, -0.1) is 0 Å². The molecule has 0 fully saturated rings. The number of pyridine rings is 3. The zero-order chi connectivity index (χ0) is 26.8. The fourth-order valence-corrected chi connectivity index (χ4v) is 3.37. The number of ether oxygens (including phenoxy) is 2. The van der Waals surface area contributed by atoms with Crippen molar-refractivity contribution in [2.45, 2.75) is 13.3 Å². The number of nitrogens with two attached hydrogens (primary N) is 1. The maximum atomic E-state index is 13.1. The Morgan fingerprint density at radius 2 is 1.94 bits per heavy atom. The smallest absolute Gasteiger partial charge is 0.280 e. The molecule has 3 heterocycles. The number of aldehydes is 1. The van der Waals surface area contributed by atoms with E-state index in [-0.39, 0.29) is 46.5 Å². The fraction of sp³-hybridized carbons (Fsp3) is 0.217. The Hall–Kier alpha value is -3.97. The summed E-state index contributed by atoms with van der Waals surface area (Å²) >= 11 is 0.898. The maximum Gasteiger partial charge on any atom is 0.280 e. The molecule has 4 N–H and O–H groups in total. The highest BCUT2D eigenvalue weighted by Crippen LogP contribution is 2.34. The van der Waals surface area contributed by atoms with E-state index in [1.54, 1.807) is 19.2 Å². The van der Waals surface area contributed by atoms with Crippen LogP contribution in [0.25, 0.3) is 16.9 Å². The van der Waals surface area contributed by atoms with Crippen molar-refractivity contribution >= 4 is 28.3 Å². The van der Waals surface area contributed by atoms with Crippen LogP contribution in [0, 0.1) is 17.7 Å². The highest BCUT2D eigenvalue weighted by atomic mass is 32.2. The first-order valence-electron chi connectivity index (χ1n) is 10.2. The lowest BCUT2D eigenvalue weighted by Crippen LogP contribution is -2.18. The summed E-state index contributed by atoms with van der Waals surface area (Å²) in [6, 6.07) is 5.82. The summed E-state index contributed by atoms with van der Waals surface area (Å²) in [5, 5.41) is 14.0. The Kier molecular flexibility index (Phi) is 10.4. The molecule has 3 aromatic heterocycles. The van der Waals surface area contributed by atoms with Crippen LogP contribution in [-0.2, 0) is 4.74 Å². The average molecular weight is 521 g/mol. The van der Waals surface area contributed by atoms with Crippen LogP contribution < -0.4 is 16.0 Å². The number of carbonyl (C=O) groups excluding carboxylic acids is 1. The lowest BCUT2D eigenvalue weighted by atomic mass is 10.0. The van der Waals surface area contributed by atoms with E-state index in [1.807, 2.05) is 0 Å². The number of aryl methyl sites for hydroxylation is 1. The molecule has 3 aromatic rings. The van der Waals surface area contributed by atoms with Gasteiger partial charge in [0.05, 0.1) is 25.0 Å². The quantitative estimate of drug-likeness (QED) is 0.241. The minimum absolute atomic E-state index is 0. The van der Waals surface area contributed by atoms with Crippen molar-refractivity contribution in [2.24, 2.45) is 5.73 Å². The van der Waals surface area contributed by atoms with Crippen molar-refractivity contribution in [2.75, 3.05) is 20.8 Å². The van der Waals surface area contributed by atoms with Crippen LogP contribution in [0.3, 0.4) is 0 Å². The van der Waals surface area contributed by atoms with Gasteiger partial charge in [-0.05, 0) is 42.4 Å². The third-order valence-electron chi connectivity index (χ3n) is 4.50. The van der Waals surface area contributed by atoms with Crippen LogP contribution >= 0.6 is 11.8 Å². The Bertz CT molecular complexity index is 1320. The monoisotopic (exact) mass is 520 g/mol. The SMILES string of the molecule is COCC(=N)SC(=N)N.COc1cnc(C(F)F)cc1-c1cc(-n2ccc(C)cc2=O)ncc1C=O.[HH]. The third kappa shape index (κ3) is 7.52. The van der Waals surface area contributed by atoms with Crippen LogP contribution in [0.15, 0.2) is 47.7 Å². The topological polar surface area (TPSA) is 157 Å². The Morgan fingerprint density at radius 1 is 1.22 bits per heavy atom. The third-order valence-corrected chi connectivity index (χ3v) is 5.08. The molecule has 0 spiro atoms. The molecule has 0 amide bonds. The average Bonchev–Trinajstić information content (AvgIpc) is 2.83. The summed E-state index contributed by atoms with van der Waals surface area (Å²) in [5.41, 5.74) is 5.75. The Labute approximate surface area is 211 Å². The molecule has 0 atom stereocenters. The van der Waals surface area contributed by atoms with E-state index < -0.39 is 12.1 Å². The number of amidine groups is 1. The molecule has 192 valence electrons. The van der Waals surface area contributed by atoms with Gasteiger partial charge in [0.15, 0.2) is 11.5 Å². The van der Waals surface area contributed by atoms with Gasteiger partial charge in [0.2, 0.25) is 0 Å². The molecule has 0 aliphatic rings. The summed E-state index contributed by atoms with van der Waals surface area (Å²) in [5.74, 6) is 0.467. The molecule has 13 heteroatoms. The number of hydrogen-bond donors (Lipinski definition) is 3. The second kappa shape index (κ2) is 13.2. The van der Waals surface area contributed by atoms with Gasteiger partial charge >= 0.3 is 0 Å². The summed E-state index contributed by atoms with van der Waals surface area (Å²) in [6.07, 6.45) is 1.79. The molecule has 0 bridgehead atoms. The maximum absolute atomic E-state index is 13.1. The van der Waals surface area contributed by atoms with Gasteiger partial charge in [-0.25, -0.2) is 13.8 Å². The number of carbonyl (C=O) groups is 1. The predicted molar refractivity (Wildman–Crippen MR) is 136 cm³/mol. The number of hydrogen-bond acceptors (Lipinski definition) is 9. The van der Waals surface area contributed by atoms with E-state index >= 15 is 0 Å². The van der Waals surface area contributed by atoms with E-state index in [2.05, 4.69) is 14.7 Å². The first-order chi connectivity index (χ1) is 17.1. The standard InChI is InChI=1S/C19H15F2N3O3.C4H9N3OS.H2/c1-11-3-4-24(18(26)5-11)17-7-13(12(10-25)8-23-17)14-6-15(19(20)21)22-9-16(14)27-2;1-8-2-3(5)9-4(6)7;/h3-10,19H,1-2H3;5H,2H2,1H3,(H3,6,7);1H. The molecule has 0 radical (unpaired) electrons. The van der Waals surface area contributed by atoms with Crippen molar-refractivity contribution < 1.29 is 24.5 Å². The zero-order valence-corrected chi connectivity index (χ0v) is 20.4. The number of halogens is 2. The van der Waals surface area contributed by atoms with Gasteiger partial charge in [0.25, 0.3) is 12.0 Å². The normalized spacial score (nSPS) is 10.4. The lowest BCUT2D eigenvalue weighted by molar-refractivity contribution is 0.112. The number of nitrogens with zero attached hydrogens (tertiary/aromatic N) is 3. The second-order valence-electron chi connectivity index (χ2n) is 7.09. The number of aromatic nitrogens is 3. The van der Waals surface area contributed by atoms with Gasteiger partial charge in [-0.3, -0.25) is 30.0 Å². The van der Waals surface area contributed by atoms with E-state index in [0.29, 0.717) is 11.8 Å². The first-order valence-corrected chi connectivity index (χ1v) is 11.0. The molecule has 10 nitrogen and oxygen atoms in total. The van der Waals surface area contributed by atoms with Gasteiger partial charge < -0.3 is 15.2 Å². The second-order valence-corrected chi connectivity index (χ2v) is 8.23. The van der Waals surface area contributed by atoms with E-state index in [9.17, 15) is 18.4 Å². The molecule has 0 aliphatic carbocycles. The minimum atomic E-state index is -2.78. The number of nitrogens with one attached hydrogen (secondary N) is 2. The highest BCUT2D eigenvalue weighted by molar-refractivity contribution is 8.26. The summed E-state index contributed by atoms with van der Waals surface area (Å²) in [7, 11) is 2.87. The molecular formula is C23H26F2N6O4S. The Morgan fingerprint density at radius 3 is 2.50 bits per heavy atom. The molecule has 0 unspecified atom stereocenters. The van der Waals surface area contributed by atoms with Gasteiger partial charge in [-0.2, -0.15) is 0 Å². The van der Waals surface area contributed by atoms with E-state index in [4.69, 9.17) is 21.3 Å². The molecule has 36 heavy (non-hydrogen) atoms. The van der Waals surface area contributed by atoms with Crippen LogP contribution in [0.5, 0.6) is 5.75 Å². The molecule has 0 saturated heterocycles. The van der Waals surface area contributed by atoms with E-state index in [1.165, 1.54) is 43.3 Å². The van der Waals surface area contributed by atoms with Crippen LogP contribution in [0.1, 0.15) is 29.5 Å². The molecule has 0 aliphatic heterocycles. The van der Waals surface area contributed by atoms with Crippen molar-refractivity contribution in [3.05, 3.63) is 70.0 Å². The number of thioether (sulfide) groups is 1. The largest absolute Gasteiger partial charge is 0.494 e. The van der Waals surface area contributed by atoms with Gasteiger partial charge in [0.1, 0.15) is 17.3 Å². The van der Waals surface area contributed by atoms with Gasteiger partial charge in [-0.1, -0.05) is 0 Å². The van der Waals surface area contributed by atoms with Crippen molar-refractivity contribution in [3.63, 3.8) is 0 Å². The number of rotatable bonds is 7. The summed E-state index contributed by atoms with van der Waals surface area (Å²) in [6.45, 7) is 2.01. The number of methoxy groups -OCH3 is 2. The molecule has 0 aromatic carbocycles. The van der Waals surface area contributed by atoms with Crippen molar-refractivity contribution in [1.29, 1.82) is 10.8 Å². The van der Waals surface area contributed by atoms with Gasteiger partial charge in [0, 0.05) is 43.7 Å². The fourth-order valence-electron chi connectivity index (χ4n) is 2.93. The first kappa shape index (κ1) is 28.3. The van der Waals surface area contributed by atoms with Crippen LogP contribution in [0.4, 0.5) is 8.78 Å². The molecule has 0 saturated carbocycles. The predicted octanol–water partition coefficient (Wildman–Crippen LogP) is 3.84. The van der Waals surface area contributed by atoms with Crippen LogP contribution in [-0.4, -0.2) is 51.9 Å². The molecule has 3 rings (SSSR count). The Balaban J connectivity index is 0.000000589. The van der Waals surface area contributed by atoms with Crippen molar-refractivity contribution in [1.82, 2.24) is 14.5 Å².